The summed E-state index contributed by atoms with van der Waals surface area (Å²) in [6.45, 7) is 1.84. The third-order valence-electron chi connectivity index (χ3n) is 3.37. The Hall–Kier alpha value is -2.93. The van der Waals surface area contributed by atoms with Gasteiger partial charge in [-0.15, -0.1) is 5.10 Å². The zero-order chi connectivity index (χ0) is 17.3. The number of anilines is 1. The van der Waals surface area contributed by atoms with E-state index < -0.39 is 17.5 Å². The van der Waals surface area contributed by atoms with Crippen LogP contribution in [0.2, 0.25) is 5.02 Å². The number of carbonyl (C=O) groups is 1. The molecule has 1 aromatic heterocycles. The summed E-state index contributed by atoms with van der Waals surface area (Å²) in [5.41, 5.74) is 1.86. The van der Waals surface area contributed by atoms with E-state index in [1.807, 2.05) is 6.92 Å². The van der Waals surface area contributed by atoms with Gasteiger partial charge in [-0.25, -0.2) is 9.07 Å². The summed E-state index contributed by atoms with van der Waals surface area (Å²) in [7, 11) is 0. The van der Waals surface area contributed by atoms with Crippen LogP contribution in [0.3, 0.4) is 0 Å². The molecule has 3 aromatic rings. The summed E-state index contributed by atoms with van der Waals surface area (Å²) in [6.07, 6.45) is 1.38. The van der Waals surface area contributed by atoms with Gasteiger partial charge in [-0.1, -0.05) is 22.9 Å². The lowest BCUT2D eigenvalue weighted by Gasteiger charge is -2.07. The van der Waals surface area contributed by atoms with Crippen LogP contribution >= 0.6 is 11.6 Å². The Labute approximate surface area is 141 Å². The Bertz CT molecular complexity index is 926. The first-order valence-corrected chi connectivity index (χ1v) is 7.30. The Balaban J connectivity index is 1.83. The molecule has 0 atom stereocenters. The van der Waals surface area contributed by atoms with E-state index in [9.17, 15) is 14.3 Å². The second-order valence-corrected chi connectivity index (χ2v) is 5.53. The maximum absolute atomic E-state index is 13.1. The number of benzene rings is 2. The van der Waals surface area contributed by atoms with Gasteiger partial charge in [0.2, 0.25) is 0 Å². The molecule has 0 aliphatic heterocycles. The summed E-state index contributed by atoms with van der Waals surface area (Å²) < 4.78 is 14.4. The number of carbonyl (C=O) groups excluding carboxylic acids is 1. The average molecular weight is 347 g/mol. The molecule has 0 unspecified atom stereocenters. The molecule has 1 heterocycles. The third-order valence-corrected chi connectivity index (χ3v) is 3.60. The molecule has 0 radical (unpaired) electrons. The number of hydrogen-bond donors (Lipinski definition) is 2. The van der Waals surface area contributed by atoms with Gasteiger partial charge in [0.1, 0.15) is 0 Å². The molecule has 2 N–H and O–H groups in total. The first-order valence-electron chi connectivity index (χ1n) is 6.93. The minimum atomic E-state index is -0.742. The lowest BCUT2D eigenvalue weighted by atomic mass is 10.2. The van der Waals surface area contributed by atoms with Gasteiger partial charge < -0.3 is 10.4 Å². The molecule has 8 heteroatoms. The minimum Gasteiger partial charge on any atom is -0.505 e. The monoisotopic (exact) mass is 346 g/mol. The van der Waals surface area contributed by atoms with Crippen LogP contribution in [-0.4, -0.2) is 26.0 Å². The van der Waals surface area contributed by atoms with Gasteiger partial charge in [0.15, 0.2) is 17.3 Å². The van der Waals surface area contributed by atoms with Crippen LogP contribution in [0, 0.1) is 12.7 Å². The van der Waals surface area contributed by atoms with Crippen LogP contribution in [0.5, 0.6) is 5.75 Å². The van der Waals surface area contributed by atoms with E-state index in [1.54, 1.807) is 18.2 Å². The van der Waals surface area contributed by atoms with Crippen molar-refractivity contribution in [3.63, 3.8) is 0 Å². The molecular formula is C16H12ClFN4O2. The molecule has 0 spiro atoms. The molecule has 0 fully saturated rings. The minimum absolute atomic E-state index is 0.0678. The highest BCUT2D eigenvalue weighted by Crippen LogP contribution is 2.21. The number of phenolic OH excluding ortho intramolecular Hbond substituents is 1. The number of halogens is 2. The van der Waals surface area contributed by atoms with Crippen molar-refractivity contribution in [3.8, 4) is 11.4 Å². The summed E-state index contributed by atoms with van der Waals surface area (Å²) >= 11 is 5.92. The quantitative estimate of drug-likeness (QED) is 0.762. The Morgan fingerprint density at radius 2 is 2.08 bits per heavy atom. The van der Waals surface area contributed by atoms with Crippen LogP contribution in [0.4, 0.5) is 10.1 Å². The molecule has 2 aromatic carbocycles. The predicted molar refractivity (Wildman–Crippen MR) is 87.1 cm³/mol. The van der Waals surface area contributed by atoms with Crippen LogP contribution in [0.25, 0.3) is 5.69 Å². The number of aryl methyl sites for hydroxylation is 1. The summed E-state index contributed by atoms with van der Waals surface area (Å²) in [6, 6.07) is 8.85. The highest BCUT2D eigenvalue weighted by atomic mass is 35.5. The molecule has 0 saturated heterocycles. The lowest BCUT2D eigenvalue weighted by molar-refractivity contribution is 0.102. The number of phenols is 1. The van der Waals surface area contributed by atoms with Crippen LogP contribution in [0.1, 0.15) is 16.1 Å². The second-order valence-electron chi connectivity index (χ2n) is 5.10. The fraction of sp³-hybridized carbons (Fsp3) is 0.0625. The third kappa shape index (κ3) is 3.21. The maximum atomic E-state index is 13.1. The Morgan fingerprint density at radius 1 is 1.29 bits per heavy atom. The number of amides is 1. The van der Waals surface area contributed by atoms with Gasteiger partial charge in [-0.2, -0.15) is 0 Å². The predicted octanol–water partition coefficient (Wildman–Crippen LogP) is 3.33. The van der Waals surface area contributed by atoms with E-state index in [1.165, 1.54) is 23.0 Å². The first kappa shape index (κ1) is 15.9. The van der Waals surface area contributed by atoms with E-state index in [0.29, 0.717) is 16.4 Å². The summed E-state index contributed by atoms with van der Waals surface area (Å²) in [5.74, 6) is -1.71. The van der Waals surface area contributed by atoms with Gasteiger partial charge in [0.05, 0.1) is 11.9 Å². The van der Waals surface area contributed by atoms with E-state index in [2.05, 4.69) is 15.6 Å². The largest absolute Gasteiger partial charge is 0.505 e. The molecule has 24 heavy (non-hydrogen) atoms. The number of rotatable bonds is 3. The number of aromatic nitrogens is 3. The smallest absolute Gasteiger partial charge is 0.277 e. The van der Waals surface area contributed by atoms with Gasteiger partial charge in [-0.3, -0.25) is 4.79 Å². The highest BCUT2D eigenvalue weighted by Gasteiger charge is 2.14. The van der Waals surface area contributed by atoms with Crippen molar-refractivity contribution >= 4 is 23.2 Å². The maximum Gasteiger partial charge on any atom is 0.277 e. The zero-order valence-corrected chi connectivity index (χ0v) is 13.3. The molecule has 0 aliphatic carbocycles. The highest BCUT2D eigenvalue weighted by molar-refractivity contribution is 6.31. The standard InChI is InChI=1S/C16H12ClFN4O2/c1-9-2-3-10(17)6-13(9)19-16(24)14-8-22(21-20-14)11-4-5-12(18)15(23)7-11/h2-8,23H,1H3,(H,19,24). The van der Waals surface area contributed by atoms with Crippen LogP contribution in [0.15, 0.2) is 42.6 Å². The first-order chi connectivity index (χ1) is 11.4. The number of nitrogens with zero attached hydrogens (tertiary/aromatic N) is 3. The fourth-order valence-electron chi connectivity index (χ4n) is 2.05. The van der Waals surface area contributed by atoms with Crippen molar-refractivity contribution in [3.05, 3.63) is 64.7 Å². The SMILES string of the molecule is Cc1ccc(Cl)cc1NC(=O)c1cn(-c2ccc(F)c(O)c2)nn1. The molecule has 6 nitrogen and oxygen atoms in total. The van der Waals surface area contributed by atoms with Gasteiger partial charge in [-0.05, 0) is 36.8 Å². The van der Waals surface area contributed by atoms with Crippen molar-refractivity contribution in [2.75, 3.05) is 5.32 Å². The Kier molecular flexibility index (Phi) is 4.18. The fourth-order valence-corrected chi connectivity index (χ4v) is 2.22. The van der Waals surface area contributed by atoms with E-state index in [0.717, 1.165) is 11.6 Å². The molecule has 0 saturated carbocycles. The van der Waals surface area contributed by atoms with Gasteiger partial charge in [0.25, 0.3) is 5.91 Å². The molecular weight excluding hydrogens is 335 g/mol. The average Bonchev–Trinajstić information content (AvgIpc) is 3.03. The van der Waals surface area contributed by atoms with Crippen molar-refractivity contribution in [1.82, 2.24) is 15.0 Å². The van der Waals surface area contributed by atoms with Crippen molar-refractivity contribution in [1.29, 1.82) is 0 Å². The summed E-state index contributed by atoms with van der Waals surface area (Å²) in [5, 5.41) is 20.2. The second kappa shape index (κ2) is 6.29. The number of aromatic hydroxyl groups is 1. The molecule has 1 amide bonds. The molecule has 0 bridgehead atoms. The van der Waals surface area contributed by atoms with E-state index in [4.69, 9.17) is 11.6 Å². The Morgan fingerprint density at radius 3 is 2.83 bits per heavy atom. The van der Waals surface area contributed by atoms with Gasteiger partial charge in [0, 0.05) is 16.8 Å². The van der Waals surface area contributed by atoms with Crippen molar-refractivity contribution in [2.45, 2.75) is 6.92 Å². The molecule has 0 aliphatic rings. The normalized spacial score (nSPS) is 10.6. The van der Waals surface area contributed by atoms with Crippen molar-refractivity contribution < 1.29 is 14.3 Å². The topological polar surface area (TPSA) is 80.0 Å². The van der Waals surface area contributed by atoms with Crippen molar-refractivity contribution in [2.24, 2.45) is 0 Å². The van der Waals surface area contributed by atoms with Crippen LogP contribution < -0.4 is 5.32 Å². The lowest BCUT2D eigenvalue weighted by Crippen LogP contribution is -2.13. The van der Waals surface area contributed by atoms with E-state index >= 15 is 0 Å². The van der Waals surface area contributed by atoms with E-state index in [-0.39, 0.29) is 5.69 Å². The molecule has 3 rings (SSSR count). The number of nitrogens with one attached hydrogen (secondary N) is 1. The summed E-state index contributed by atoms with van der Waals surface area (Å²) in [4.78, 5) is 12.3. The van der Waals surface area contributed by atoms with Gasteiger partial charge >= 0.3 is 0 Å². The van der Waals surface area contributed by atoms with Crippen LogP contribution in [-0.2, 0) is 0 Å². The zero-order valence-electron chi connectivity index (χ0n) is 12.5. The molecule has 122 valence electrons. The number of hydrogen-bond acceptors (Lipinski definition) is 4.